The number of hydrogen-bond donors (Lipinski definition) is 2. The Balaban J connectivity index is 2.02. The monoisotopic (exact) mass is 262 g/mol. The van der Waals surface area contributed by atoms with E-state index in [1.807, 2.05) is 25.1 Å². The van der Waals surface area contributed by atoms with Gasteiger partial charge in [-0.1, -0.05) is 29.0 Å². The lowest BCUT2D eigenvalue weighted by Crippen LogP contribution is -2.14. The standard InChI is InChI=1S/C12H14N4OS/c1-8-2-3-10(9(6-8)12(13)18)14-5-4-11-15-7-16-17-11/h2-3,6-7,14H,4-5H2,1H3,(H2,13,18). The summed E-state index contributed by atoms with van der Waals surface area (Å²) in [6, 6.07) is 5.95. The second-order valence-corrected chi connectivity index (χ2v) is 4.36. The second-order valence-electron chi connectivity index (χ2n) is 3.93. The maximum Gasteiger partial charge on any atom is 0.228 e. The summed E-state index contributed by atoms with van der Waals surface area (Å²) in [5.74, 6) is 0.603. The summed E-state index contributed by atoms with van der Waals surface area (Å²) in [6.07, 6.45) is 2.05. The van der Waals surface area contributed by atoms with E-state index in [1.54, 1.807) is 0 Å². The van der Waals surface area contributed by atoms with Crippen LogP contribution in [0.3, 0.4) is 0 Å². The molecule has 0 aliphatic rings. The summed E-state index contributed by atoms with van der Waals surface area (Å²) in [4.78, 5) is 4.34. The molecular formula is C12H14N4OS. The number of nitrogens with two attached hydrogens (primary N) is 1. The first-order valence-corrected chi connectivity index (χ1v) is 5.97. The smallest absolute Gasteiger partial charge is 0.228 e. The predicted octanol–water partition coefficient (Wildman–Crippen LogP) is 1.67. The van der Waals surface area contributed by atoms with E-state index in [1.165, 1.54) is 6.33 Å². The molecule has 2 rings (SSSR count). The van der Waals surface area contributed by atoms with Gasteiger partial charge < -0.3 is 15.6 Å². The summed E-state index contributed by atoms with van der Waals surface area (Å²) in [6.45, 7) is 2.69. The number of nitrogens with one attached hydrogen (secondary N) is 1. The molecule has 0 saturated heterocycles. The molecule has 5 nitrogen and oxygen atoms in total. The first-order chi connectivity index (χ1) is 8.66. The lowest BCUT2D eigenvalue weighted by atomic mass is 10.1. The molecule has 3 N–H and O–H groups in total. The quantitative estimate of drug-likeness (QED) is 0.798. The molecule has 0 amide bonds. The van der Waals surface area contributed by atoms with Gasteiger partial charge in [0.05, 0.1) is 0 Å². The Hall–Kier alpha value is -1.95. The molecule has 0 radical (unpaired) electrons. The number of benzene rings is 1. The lowest BCUT2D eigenvalue weighted by molar-refractivity contribution is 0.380. The molecule has 2 aromatic rings. The number of anilines is 1. The van der Waals surface area contributed by atoms with Gasteiger partial charge in [-0.25, -0.2) is 0 Å². The molecule has 0 spiro atoms. The van der Waals surface area contributed by atoms with Gasteiger partial charge in [-0.15, -0.1) is 0 Å². The molecule has 0 unspecified atom stereocenters. The summed E-state index contributed by atoms with van der Waals surface area (Å²) in [5.41, 5.74) is 8.61. The van der Waals surface area contributed by atoms with Crippen LogP contribution in [0.4, 0.5) is 5.69 Å². The van der Waals surface area contributed by atoms with Gasteiger partial charge in [0.15, 0.2) is 6.33 Å². The fourth-order valence-electron chi connectivity index (χ4n) is 1.63. The van der Waals surface area contributed by atoms with Crippen molar-refractivity contribution in [3.05, 3.63) is 41.5 Å². The maximum atomic E-state index is 5.70. The van der Waals surface area contributed by atoms with Gasteiger partial charge in [0, 0.05) is 24.2 Å². The van der Waals surface area contributed by atoms with Gasteiger partial charge >= 0.3 is 0 Å². The molecule has 6 heteroatoms. The largest absolute Gasteiger partial charge is 0.389 e. The van der Waals surface area contributed by atoms with Crippen molar-refractivity contribution in [2.75, 3.05) is 11.9 Å². The molecule has 0 saturated carbocycles. The first kappa shape index (κ1) is 12.5. The minimum Gasteiger partial charge on any atom is -0.389 e. The van der Waals surface area contributed by atoms with Gasteiger partial charge in [-0.3, -0.25) is 0 Å². The van der Waals surface area contributed by atoms with Crippen molar-refractivity contribution in [1.29, 1.82) is 0 Å². The fourth-order valence-corrected chi connectivity index (χ4v) is 1.80. The van der Waals surface area contributed by atoms with Crippen LogP contribution in [-0.2, 0) is 6.42 Å². The highest BCUT2D eigenvalue weighted by Gasteiger charge is 2.06. The second kappa shape index (κ2) is 5.59. The topological polar surface area (TPSA) is 77.0 Å². The highest BCUT2D eigenvalue weighted by atomic mass is 32.1. The Morgan fingerprint density at radius 3 is 3.00 bits per heavy atom. The molecular weight excluding hydrogens is 248 g/mol. The lowest BCUT2D eigenvalue weighted by Gasteiger charge is -2.11. The van der Waals surface area contributed by atoms with Gasteiger partial charge in [0.25, 0.3) is 0 Å². The summed E-state index contributed by atoms with van der Waals surface area (Å²) in [5, 5.41) is 6.82. The van der Waals surface area contributed by atoms with Crippen LogP contribution in [0.25, 0.3) is 0 Å². The predicted molar refractivity (Wildman–Crippen MR) is 73.6 cm³/mol. The van der Waals surface area contributed by atoms with Gasteiger partial charge in [0.1, 0.15) is 4.99 Å². The molecule has 0 aliphatic heterocycles. The molecule has 0 atom stereocenters. The molecule has 0 aliphatic carbocycles. The van der Waals surface area contributed by atoms with Gasteiger partial charge in [-0.2, -0.15) is 4.98 Å². The number of thiocarbonyl (C=S) groups is 1. The molecule has 94 valence electrons. The Morgan fingerprint density at radius 1 is 1.50 bits per heavy atom. The number of aryl methyl sites for hydroxylation is 1. The van der Waals surface area contributed by atoms with Crippen molar-refractivity contribution >= 4 is 22.9 Å². The summed E-state index contributed by atoms with van der Waals surface area (Å²) >= 11 is 5.04. The third kappa shape index (κ3) is 3.04. The zero-order valence-electron chi connectivity index (χ0n) is 10.0. The first-order valence-electron chi connectivity index (χ1n) is 5.56. The minimum atomic E-state index is 0.388. The number of rotatable bonds is 5. The van der Waals surface area contributed by atoms with E-state index in [0.29, 0.717) is 23.8 Å². The molecule has 1 aromatic carbocycles. The van der Waals surface area contributed by atoms with Crippen LogP contribution < -0.4 is 11.1 Å². The van der Waals surface area contributed by atoms with Crippen LogP contribution in [0.15, 0.2) is 29.0 Å². The third-order valence-electron chi connectivity index (χ3n) is 2.50. The van der Waals surface area contributed by atoms with Crippen molar-refractivity contribution in [3.63, 3.8) is 0 Å². The molecule has 18 heavy (non-hydrogen) atoms. The highest BCUT2D eigenvalue weighted by molar-refractivity contribution is 7.80. The van der Waals surface area contributed by atoms with Crippen LogP contribution in [0, 0.1) is 6.92 Å². The summed E-state index contributed by atoms with van der Waals surface area (Å²) in [7, 11) is 0. The van der Waals surface area contributed by atoms with Crippen molar-refractivity contribution in [3.8, 4) is 0 Å². The molecule has 1 heterocycles. The van der Waals surface area contributed by atoms with E-state index >= 15 is 0 Å². The molecule has 0 fully saturated rings. The average Bonchev–Trinajstić information content (AvgIpc) is 2.84. The van der Waals surface area contributed by atoms with E-state index < -0.39 is 0 Å². The van der Waals surface area contributed by atoms with Crippen molar-refractivity contribution in [2.24, 2.45) is 5.73 Å². The highest BCUT2D eigenvalue weighted by Crippen LogP contribution is 2.17. The van der Waals surface area contributed by atoms with Crippen LogP contribution in [0.5, 0.6) is 0 Å². The Bertz CT molecular complexity index is 539. The molecule has 1 aromatic heterocycles. The SMILES string of the molecule is Cc1ccc(NCCc2ncno2)c(C(N)=S)c1. The van der Waals surface area contributed by atoms with E-state index in [-0.39, 0.29) is 0 Å². The Morgan fingerprint density at radius 2 is 2.33 bits per heavy atom. The van der Waals surface area contributed by atoms with Crippen molar-refractivity contribution < 1.29 is 4.52 Å². The maximum absolute atomic E-state index is 5.70. The average molecular weight is 262 g/mol. The Kier molecular flexibility index (Phi) is 3.88. The zero-order chi connectivity index (χ0) is 13.0. The van der Waals surface area contributed by atoms with E-state index in [9.17, 15) is 0 Å². The summed E-state index contributed by atoms with van der Waals surface area (Å²) < 4.78 is 4.92. The van der Waals surface area contributed by atoms with E-state index in [2.05, 4.69) is 15.5 Å². The number of aromatic nitrogens is 2. The van der Waals surface area contributed by atoms with Gasteiger partial charge in [-0.05, 0) is 19.1 Å². The fraction of sp³-hybridized carbons (Fsp3) is 0.250. The van der Waals surface area contributed by atoms with Crippen molar-refractivity contribution in [1.82, 2.24) is 10.1 Å². The molecule has 0 bridgehead atoms. The van der Waals surface area contributed by atoms with E-state index in [0.717, 1.165) is 16.8 Å². The third-order valence-corrected chi connectivity index (χ3v) is 2.72. The number of nitrogens with zero attached hydrogens (tertiary/aromatic N) is 2. The number of hydrogen-bond acceptors (Lipinski definition) is 5. The van der Waals surface area contributed by atoms with E-state index in [4.69, 9.17) is 22.5 Å². The van der Waals surface area contributed by atoms with Crippen molar-refractivity contribution in [2.45, 2.75) is 13.3 Å². The van der Waals surface area contributed by atoms with Crippen LogP contribution in [-0.4, -0.2) is 21.7 Å². The minimum absolute atomic E-state index is 0.388. The van der Waals surface area contributed by atoms with Crippen LogP contribution >= 0.6 is 12.2 Å². The normalized spacial score (nSPS) is 10.3. The van der Waals surface area contributed by atoms with Crippen LogP contribution in [0.2, 0.25) is 0 Å². The Labute approximate surface area is 110 Å². The van der Waals surface area contributed by atoms with Crippen LogP contribution in [0.1, 0.15) is 17.0 Å². The zero-order valence-corrected chi connectivity index (χ0v) is 10.8. The van der Waals surface area contributed by atoms with Gasteiger partial charge in [0.2, 0.25) is 5.89 Å².